The molecule has 0 bridgehead atoms. The van der Waals surface area contributed by atoms with Gasteiger partial charge in [-0.1, -0.05) is 18.5 Å². The lowest BCUT2D eigenvalue weighted by atomic mass is 10.2. The normalized spacial score (nSPS) is 15.5. The van der Waals surface area contributed by atoms with Crippen LogP contribution >= 0.6 is 22.9 Å². The molecule has 2 aromatic rings. The fraction of sp³-hybridized carbons (Fsp3) is 0.389. The van der Waals surface area contributed by atoms with Crippen LogP contribution in [0.2, 0.25) is 5.02 Å². The van der Waals surface area contributed by atoms with Gasteiger partial charge in [-0.2, -0.15) is 11.3 Å². The van der Waals surface area contributed by atoms with Crippen molar-refractivity contribution in [2.45, 2.75) is 13.3 Å². The van der Waals surface area contributed by atoms with Gasteiger partial charge in [-0.15, -0.1) is 0 Å². The van der Waals surface area contributed by atoms with Crippen LogP contribution in [0.15, 0.2) is 35.0 Å². The van der Waals surface area contributed by atoms with Gasteiger partial charge in [0.1, 0.15) is 0 Å². The summed E-state index contributed by atoms with van der Waals surface area (Å²) in [6.45, 7) is 7.28. The van der Waals surface area contributed by atoms with Crippen molar-refractivity contribution in [1.29, 1.82) is 0 Å². The SMILES string of the molecule is CCN1CCN(c2ccc(Cl)cc2NC(=O)Cc2ccsc2)CC1. The van der Waals surface area contributed by atoms with Gasteiger partial charge in [0, 0.05) is 31.2 Å². The molecule has 1 N–H and O–H groups in total. The van der Waals surface area contributed by atoms with Gasteiger partial charge in [0.25, 0.3) is 0 Å². The number of nitrogens with one attached hydrogen (secondary N) is 1. The number of halogens is 1. The maximum Gasteiger partial charge on any atom is 0.228 e. The maximum atomic E-state index is 12.3. The van der Waals surface area contributed by atoms with E-state index in [1.165, 1.54) is 0 Å². The van der Waals surface area contributed by atoms with Crippen LogP contribution in [-0.2, 0) is 11.2 Å². The lowest BCUT2D eigenvalue weighted by Gasteiger charge is -2.36. The van der Waals surface area contributed by atoms with Gasteiger partial charge < -0.3 is 15.1 Å². The maximum absolute atomic E-state index is 12.3. The first-order chi connectivity index (χ1) is 11.7. The van der Waals surface area contributed by atoms with E-state index in [2.05, 4.69) is 22.0 Å². The highest BCUT2D eigenvalue weighted by Gasteiger charge is 2.19. The van der Waals surface area contributed by atoms with Gasteiger partial charge in [0.05, 0.1) is 17.8 Å². The summed E-state index contributed by atoms with van der Waals surface area (Å²) in [5, 5.41) is 7.66. The summed E-state index contributed by atoms with van der Waals surface area (Å²) in [5.74, 6) is -0.0101. The van der Waals surface area contributed by atoms with Crippen molar-refractivity contribution >= 4 is 40.2 Å². The molecule has 1 aromatic carbocycles. The molecule has 0 unspecified atom stereocenters. The number of piperazine rings is 1. The van der Waals surface area contributed by atoms with Crippen LogP contribution in [0.4, 0.5) is 11.4 Å². The second-order valence-electron chi connectivity index (χ2n) is 5.94. The molecule has 1 aliphatic heterocycles. The van der Waals surface area contributed by atoms with Gasteiger partial charge in [0.2, 0.25) is 5.91 Å². The van der Waals surface area contributed by atoms with Crippen molar-refractivity contribution in [3.05, 3.63) is 45.6 Å². The lowest BCUT2D eigenvalue weighted by molar-refractivity contribution is -0.115. The van der Waals surface area contributed by atoms with Crippen molar-refractivity contribution < 1.29 is 4.79 Å². The Kier molecular flexibility index (Phi) is 5.76. The molecule has 2 heterocycles. The third kappa shape index (κ3) is 4.29. The van der Waals surface area contributed by atoms with Gasteiger partial charge in [0.15, 0.2) is 0 Å². The molecule has 1 fully saturated rings. The van der Waals surface area contributed by atoms with E-state index in [1.54, 1.807) is 11.3 Å². The van der Waals surface area contributed by atoms with Crippen molar-refractivity contribution in [3.8, 4) is 0 Å². The molecule has 0 saturated carbocycles. The number of amides is 1. The van der Waals surface area contributed by atoms with Crippen LogP contribution in [-0.4, -0.2) is 43.5 Å². The molecular weight excluding hydrogens is 342 g/mol. The number of hydrogen-bond acceptors (Lipinski definition) is 4. The van der Waals surface area contributed by atoms with Gasteiger partial charge in [-0.05, 0) is 47.1 Å². The van der Waals surface area contributed by atoms with Crippen molar-refractivity contribution in [2.24, 2.45) is 0 Å². The first kappa shape index (κ1) is 17.3. The fourth-order valence-corrected chi connectivity index (χ4v) is 3.80. The number of likely N-dealkylation sites (N-methyl/N-ethyl adjacent to an activating group) is 1. The summed E-state index contributed by atoms with van der Waals surface area (Å²) in [7, 11) is 0. The second-order valence-corrected chi connectivity index (χ2v) is 7.16. The van der Waals surface area contributed by atoms with Crippen LogP contribution in [0.25, 0.3) is 0 Å². The van der Waals surface area contributed by atoms with Crippen molar-refractivity contribution in [1.82, 2.24) is 4.90 Å². The van der Waals surface area contributed by atoms with Crippen LogP contribution in [0.3, 0.4) is 0 Å². The highest BCUT2D eigenvalue weighted by Crippen LogP contribution is 2.30. The van der Waals surface area contributed by atoms with E-state index in [0.717, 1.165) is 49.7 Å². The van der Waals surface area contributed by atoms with E-state index >= 15 is 0 Å². The highest BCUT2D eigenvalue weighted by molar-refractivity contribution is 7.08. The van der Waals surface area contributed by atoms with E-state index in [1.807, 2.05) is 35.0 Å². The van der Waals surface area contributed by atoms with Crippen LogP contribution in [0.1, 0.15) is 12.5 Å². The summed E-state index contributed by atoms with van der Waals surface area (Å²) >= 11 is 7.76. The monoisotopic (exact) mass is 363 g/mol. The Bertz CT molecular complexity index is 682. The third-order valence-electron chi connectivity index (χ3n) is 4.34. The van der Waals surface area contributed by atoms with Crippen molar-refractivity contribution in [2.75, 3.05) is 42.9 Å². The van der Waals surface area contributed by atoms with E-state index in [-0.39, 0.29) is 5.91 Å². The smallest absolute Gasteiger partial charge is 0.228 e. The zero-order valence-corrected chi connectivity index (χ0v) is 15.4. The van der Waals surface area contributed by atoms with E-state index in [0.29, 0.717) is 11.4 Å². The summed E-state index contributed by atoms with van der Waals surface area (Å²) in [6.07, 6.45) is 0.388. The minimum Gasteiger partial charge on any atom is -0.367 e. The number of anilines is 2. The quantitative estimate of drug-likeness (QED) is 0.879. The number of carbonyl (C=O) groups is 1. The average molecular weight is 364 g/mol. The fourth-order valence-electron chi connectivity index (χ4n) is 2.96. The summed E-state index contributed by atoms with van der Waals surface area (Å²) in [4.78, 5) is 17.1. The summed E-state index contributed by atoms with van der Waals surface area (Å²) < 4.78 is 0. The first-order valence-corrected chi connectivity index (χ1v) is 9.55. The molecular formula is C18H22ClN3OS. The number of thiophene rings is 1. The number of carbonyl (C=O) groups excluding carboxylic acids is 1. The molecule has 4 nitrogen and oxygen atoms in total. The number of nitrogens with zero attached hydrogens (tertiary/aromatic N) is 2. The molecule has 1 aromatic heterocycles. The number of hydrogen-bond donors (Lipinski definition) is 1. The Balaban J connectivity index is 1.72. The molecule has 0 aliphatic carbocycles. The van der Waals surface area contributed by atoms with E-state index in [9.17, 15) is 4.79 Å². The standard InChI is InChI=1S/C18H22ClN3OS/c1-2-21-6-8-22(9-7-21)17-4-3-15(19)12-16(17)20-18(23)11-14-5-10-24-13-14/h3-5,10,12-13H,2,6-9,11H2,1H3,(H,20,23). The average Bonchev–Trinajstić information content (AvgIpc) is 3.08. The predicted molar refractivity (Wildman–Crippen MR) is 102 cm³/mol. The highest BCUT2D eigenvalue weighted by atomic mass is 35.5. The van der Waals surface area contributed by atoms with Crippen LogP contribution in [0, 0.1) is 0 Å². The van der Waals surface area contributed by atoms with Gasteiger partial charge in [-0.25, -0.2) is 0 Å². The number of benzene rings is 1. The Morgan fingerprint density at radius 1 is 1.25 bits per heavy atom. The molecule has 1 saturated heterocycles. The molecule has 0 spiro atoms. The minimum absolute atomic E-state index is 0.0101. The number of rotatable bonds is 5. The third-order valence-corrected chi connectivity index (χ3v) is 5.30. The Morgan fingerprint density at radius 3 is 2.71 bits per heavy atom. The second kappa shape index (κ2) is 8.01. The molecule has 6 heteroatoms. The van der Waals surface area contributed by atoms with Crippen molar-refractivity contribution in [3.63, 3.8) is 0 Å². The molecule has 0 radical (unpaired) electrons. The summed E-state index contributed by atoms with van der Waals surface area (Å²) in [6, 6.07) is 7.71. The Labute approximate surface area is 152 Å². The topological polar surface area (TPSA) is 35.6 Å². The Morgan fingerprint density at radius 2 is 2.04 bits per heavy atom. The molecule has 24 heavy (non-hydrogen) atoms. The Hall–Kier alpha value is -1.56. The molecule has 3 rings (SSSR count). The lowest BCUT2D eigenvalue weighted by Crippen LogP contribution is -2.46. The first-order valence-electron chi connectivity index (χ1n) is 8.23. The predicted octanol–water partition coefficient (Wildman–Crippen LogP) is 3.72. The van der Waals surface area contributed by atoms with Gasteiger partial charge >= 0.3 is 0 Å². The molecule has 128 valence electrons. The van der Waals surface area contributed by atoms with Crippen LogP contribution in [0.5, 0.6) is 0 Å². The molecule has 1 aliphatic rings. The zero-order chi connectivity index (χ0) is 16.9. The molecule has 0 atom stereocenters. The minimum atomic E-state index is -0.0101. The molecule has 1 amide bonds. The van der Waals surface area contributed by atoms with E-state index < -0.39 is 0 Å². The van der Waals surface area contributed by atoms with Gasteiger partial charge in [-0.3, -0.25) is 4.79 Å². The van der Waals surface area contributed by atoms with Crippen LogP contribution < -0.4 is 10.2 Å². The summed E-state index contributed by atoms with van der Waals surface area (Å²) in [5.41, 5.74) is 2.89. The zero-order valence-electron chi connectivity index (χ0n) is 13.8. The van der Waals surface area contributed by atoms with E-state index in [4.69, 9.17) is 11.6 Å². The largest absolute Gasteiger partial charge is 0.367 e.